The Morgan fingerprint density at radius 2 is 2.03 bits per heavy atom. The van der Waals surface area contributed by atoms with Gasteiger partial charge in [-0.25, -0.2) is 4.98 Å². The molecular formula is C22H32ClN4O8P. The number of ketones is 1. The Bertz CT molecular complexity index is 1120. The van der Waals surface area contributed by atoms with E-state index in [-0.39, 0.29) is 23.6 Å². The molecule has 2 aliphatic rings. The van der Waals surface area contributed by atoms with Crippen LogP contribution < -0.4 is 5.32 Å². The normalized spacial score (nSPS) is 26.6. The van der Waals surface area contributed by atoms with Gasteiger partial charge in [0.25, 0.3) is 0 Å². The zero-order valence-electron chi connectivity index (χ0n) is 20.1. The third kappa shape index (κ3) is 6.25. The first-order valence-electron chi connectivity index (χ1n) is 11.9. The van der Waals surface area contributed by atoms with Crippen molar-refractivity contribution in [1.29, 1.82) is 0 Å². The SMILES string of the molecule is CC(C)C(=O)COP(=O)(O)COCC1O[C@@H](n2ccc3c(NC4CCCC4)nc(Cl)nc32)[C@H](O)[C@@H]1O. The third-order valence-corrected chi connectivity index (χ3v) is 7.65. The Balaban J connectivity index is 1.41. The van der Waals surface area contributed by atoms with Crippen molar-refractivity contribution in [3.63, 3.8) is 0 Å². The lowest BCUT2D eigenvalue weighted by Gasteiger charge is -2.18. The molecule has 3 heterocycles. The summed E-state index contributed by atoms with van der Waals surface area (Å²) in [5.41, 5.74) is 0.427. The van der Waals surface area contributed by atoms with E-state index >= 15 is 0 Å². The van der Waals surface area contributed by atoms with Gasteiger partial charge in [0.05, 0.1) is 12.0 Å². The fraction of sp³-hybridized carbons (Fsp3) is 0.682. The number of carbonyl (C=O) groups is 1. The second-order valence-corrected chi connectivity index (χ2v) is 11.6. The molecule has 0 radical (unpaired) electrons. The lowest BCUT2D eigenvalue weighted by atomic mass is 10.1. The van der Waals surface area contributed by atoms with Gasteiger partial charge in [0.1, 0.15) is 42.7 Å². The van der Waals surface area contributed by atoms with Gasteiger partial charge in [0.2, 0.25) is 5.28 Å². The molecule has 200 valence electrons. The number of carbonyl (C=O) groups excluding carboxylic acids is 1. The molecule has 0 bridgehead atoms. The van der Waals surface area contributed by atoms with Crippen molar-refractivity contribution in [2.75, 3.05) is 24.9 Å². The van der Waals surface area contributed by atoms with Crippen LogP contribution in [-0.2, 0) is 23.4 Å². The predicted molar refractivity (Wildman–Crippen MR) is 131 cm³/mol. The number of nitrogens with one attached hydrogen (secondary N) is 1. The van der Waals surface area contributed by atoms with Crippen molar-refractivity contribution < 1.29 is 38.5 Å². The maximum atomic E-state index is 12.1. The van der Waals surface area contributed by atoms with Crippen molar-refractivity contribution in [2.24, 2.45) is 5.92 Å². The Labute approximate surface area is 213 Å². The summed E-state index contributed by atoms with van der Waals surface area (Å²) in [6, 6.07) is 2.08. The Morgan fingerprint density at radius 1 is 1.31 bits per heavy atom. The van der Waals surface area contributed by atoms with E-state index in [2.05, 4.69) is 15.3 Å². The molecule has 0 amide bonds. The number of halogens is 1. The van der Waals surface area contributed by atoms with Crippen LogP contribution in [0.15, 0.2) is 12.3 Å². The number of hydrogen-bond donors (Lipinski definition) is 4. The van der Waals surface area contributed by atoms with E-state index in [0.29, 0.717) is 22.9 Å². The quantitative estimate of drug-likeness (QED) is 0.241. The molecule has 1 saturated carbocycles. The Morgan fingerprint density at radius 3 is 2.72 bits per heavy atom. The maximum Gasteiger partial charge on any atom is 0.353 e. The zero-order chi connectivity index (χ0) is 26.0. The summed E-state index contributed by atoms with van der Waals surface area (Å²) in [7, 11) is -4.18. The standard InChI is InChI=1S/C22H32ClN4O8P/c1-12(2)15(28)9-34-36(31,32)11-33-10-16-17(29)18(30)21(35-16)27-8-7-14-19(24-13-5-3-4-6-13)25-22(23)26-20(14)27/h7-8,12-13,16-18,21,29-30H,3-6,9-11H2,1-2H3,(H,31,32)(H,24,25,26)/t16?,17-,18-,21-/m1/s1. The molecule has 0 spiro atoms. The van der Waals surface area contributed by atoms with Crippen molar-refractivity contribution >= 4 is 41.8 Å². The van der Waals surface area contributed by atoms with Gasteiger partial charge in [-0.15, -0.1) is 0 Å². The van der Waals surface area contributed by atoms with E-state index in [4.69, 9.17) is 25.6 Å². The molecule has 2 aromatic heterocycles. The fourth-order valence-corrected chi connectivity index (χ4v) is 5.24. The number of nitrogens with zero attached hydrogens (tertiary/aromatic N) is 3. The molecule has 2 unspecified atom stereocenters. The maximum absolute atomic E-state index is 12.1. The van der Waals surface area contributed by atoms with Gasteiger partial charge in [-0.3, -0.25) is 13.9 Å². The highest BCUT2D eigenvalue weighted by molar-refractivity contribution is 7.52. The summed E-state index contributed by atoms with van der Waals surface area (Å²) in [4.78, 5) is 30.1. The van der Waals surface area contributed by atoms with E-state index < -0.39 is 45.1 Å². The van der Waals surface area contributed by atoms with Gasteiger partial charge in [0, 0.05) is 18.2 Å². The van der Waals surface area contributed by atoms with Crippen LogP contribution in [0.2, 0.25) is 5.28 Å². The highest BCUT2D eigenvalue weighted by atomic mass is 35.5. The minimum absolute atomic E-state index is 0.0329. The first-order valence-corrected chi connectivity index (χ1v) is 14.1. The van der Waals surface area contributed by atoms with Crippen molar-refractivity contribution in [1.82, 2.24) is 14.5 Å². The fourth-order valence-electron chi connectivity index (χ4n) is 4.33. The first kappa shape index (κ1) is 27.4. The average Bonchev–Trinajstić information content (AvgIpc) is 3.54. The number of ether oxygens (including phenoxy) is 2. The van der Waals surface area contributed by atoms with Crippen molar-refractivity contribution in [3.05, 3.63) is 17.5 Å². The van der Waals surface area contributed by atoms with E-state index in [1.54, 1.807) is 30.7 Å². The average molecular weight is 547 g/mol. The summed E-state index contributed by atoms with van der Waals surface area (Å²) in [5.74, 6) is -0.0432. The molecule has 2 aromatic rings. The Hall–Kier alpha value is -1.63. The topological polar surface area (TPSA) is 165 Å². The number of Topliss-reactive ketones (excluding diaryl/α,β-unsaturated/α-hetero) is 1. The lowest BCUT2D eigenvalue weighted by molar-refractivity contribution is -0.124. The van der Waals surface area contributed by atoms with Gasteiger partial charge in [0.15, 0.2) is 12.0 Å². The van der Waals surface area contributed by atoms with E-state index in [9.17, 15) is 24.5 Å². The number of hydrogen-bond acceptors (Lipinski definition) is 10. The van der Waals surface area contributed by atoms with Gasteiger partial charge >= 0.3 is 7.60 Å². The number of aromatic nitrogens is 3. The van der Waals surface area contributed by atoms with Gasteiger partial charge < -0.3 is 34.5 Å². The van der Waals surface area contributed by atoms with Crippen LogP contribution >= 0.6 is 19.2 Å². The monoisotopic (exact) mass is 546 g/mol. The zero-order valence-corrected chi connectivity index (χ0v) is 21.8. The molecule has 5 atom stereocenters. The minimum Gasteiger partial charge on any atom is -0.387 e. The number of rotatable bonds is 11. The summed E-state index contributed by atoms with van der Waals surface area (Å²) in [5, 5.41) is 25.3. The minimum atomic E-state index is -4.18. The predicted octanol–water partition coefficient (Wildman–Crippen LogP) is 2.46. The summed E-state index contributed by atoms with van der Waals surface area (Å²) < 4.78 is 29.6. The van der Waals surface area contributed by atoms with Gasteiger partial charge in [-0.2, -0.15) is 4.98 Å². The molecule has 1 aliphatic carbocycles. The number of anilines is 1. The third-order valence-electron chi connectivity index (χ3n) is 6.44. The van der Waals surface area contributed by atoms with Crippen LogP contribution in [0.4, 0.5) is 5.82 Å². The molecule has 14 heteroatoms. The number of aliphatic hydroxyl groups excluding tert-OH is 2. The van der Waals surface area contributed by atoms with Crippen LogP contribution in [-0.4, -0.2) is 79.3 Å². The summed E-state index contributed by atoms with van der Waals surface area (Å²) in [6.45, 7) is 2.53. The van der Waals surface area contributed by atoms with Crippen molar-refractivity contribution in [2.45, 2.75) is 70.1 Å². The molecule has 12 nitrogen and oxygen atoms in total. The van der Waals surface area contributed by atoms with E-state index in [1.165, 1.54) is 0 Å². The van der Waals surface area contributed by atoms with Crippen LogP contribution in [0.1, 0.15) is 45.8 Å². The number of fused-ring (bicyclic) bond motifs is 1. The molecule has 4 rings (SSSR count). The molecule has 36 heavy (non-hydrogen) atoms. The lowest BCUT2D eigenvalue weighted by Crippen LogP contribution is -2.34. The highest BCUT2D eigenvalue weighted by Gasteiger charge is 2.44. The molecule has 4 N–H and O–H groups in total. The van der Waals surface area contributed by atoms with Crippen LogP contribution in [0.25, 0.3) is 11.0 Å². The Kier molecular flexibility index (Phi) is 8.68. The van der Waals surface area contributed by atoms with Crippen LogP contribution in [0, 0.1) is 5.92 Å². The summed E-state index contributed by atoms with van der Waals surface area (Å²) in [6.07, 6.45) is 0.709. The van der Waals surface area contributed by atoms with Crippen LogP contribution in [0.3, 0.4) is 0 Å². The molecular weight excluding hydrogens is 515 g/mol. The second kappa shape index (κ2) is 11.4. The second-order valence-electron chi connectivity index (χ2n) is 9.51. The van der Waals surface area contributed by atoms with Crippen molar-refractivity contribution in [3.8, 4) is 0 Å². The summed E-state index contributed by atoms with van der Waals surface area (Å²) >= 11 is 6.18. The van der Waals surface area contributed by atoms with Gasteiger partial charge in [-0.05, 0) is 30.5 Å². The van der Waals surface area contributed by atoms with E-state index in [0.717, 1.165) is 25.7 Å². The molecule has 0 aromatic carbocycles. The molecule has 1 aliphatic heterocycles. The smallest absolute Gasteiger partial charge is 0.353 e. The molecule has 2 fully saturated rings. The highest BCUT2D eigenvalue weighted by Crippen LogP contribution is 2.42. The number of aliphatic hydroxyl groups is 2. The van der Waals surface area contributed by atoms with Crippen LogP contribution in [0.5, 0.6) is 0 Å². The molecule has 1 saturated heterocycles. The first-order chi connectivity index (χ1) is 17.1. The van der Waals surface area contributed by atoms with Gasteiger partial charge in [-0.1, -0.05) is 26.7 Å². The van der Waals surface area contributed by atoms with E-state index in [1.807, 2.05) is 0 Å². The largest absolute Gasteiger partial charge is 0.387 e.